The summed E-state index contributed by atoms with van der Waals surface area (Å²) < 4.78 is 0. The Morgan fingerprint density at radius 1 is 1.25 bits per heavy atom. The normalized spacial score (nSPS) is 13.3. The molecule has 0 aromatic rings. The van der Waals surface area contributed by atoms with E-state index in [9.17, 15) is 0 Å². The molecule has 0 spiro atoms. The van der Waals surface area contributed by atoms with Gasteiger partial charge >= 0.3 is 0 Å². The van der Waals surface area contributed by atoms with Crippen LogP contribution in [0.2, 0.25) is 0 Å². The molecule has 98 valence electrons. The molecule has 3 heteroatoms. The standard InChI is InChI=1S/C13H30N2S/c1-5-9-14-10-6-7-11-15(3)13(2)8-12-16-4/h13-14H,5-12H2,1-4H3. The average molecular weight is 246 g/mol. The molecule has 1 N–H and O–H groups in total. The van der Waals surface area contributed by atoms with Crippen LogP contribution in [-0.4, -0.2) is 49.6 Å². The molecule has 16 heavy (non-hydrogen) atoms. The third kappa shape index (κ3) is 9.49. The minimum Gasteiger partial charge on any atom is -0.317 e. The van der Waals surface area contributed by atoms with Crippen molar-refractivity contribution >= 4 is 11.8 Å². The highest BCUT2D eigenvalue weighted by molar-refractivity contribution is 7.98. The monoisotopic (exact) mass is 246 g/mol. The fourth-order valence-corrected chi connectivity index (χ4v) is 2.22. The summed E-state index contributed by atoms with van der Waals surface area (Å²) in [5, 5.41) is 3.45. The molecule has 0 heterocycles. The smallest absolute Gasteiger partial charge is 0.00717 e. The van der Waals surface area contributed by atoms with Gasteiger partial charge in [0.25, 0.3) is 0 Å². The maximum absolute atomic E-state index is 3.45. The van der Waals surface area contributed by atoms with E-state index >= 15 is 0 Å². The van der Waals surface area contributed by atoms with Crippen molar-refractivity contribution in [3.8, 4) is 0 Å². The molecule has 0 aromatic heterocycles. The molecule has 0 aromatic carbocycles. The van der Waals surface area contributed by atoms with Crippen LogP contribution in [0.5, 0.6) is 0 Å². The summed E-state index contributed by atoms with van der Waals surface area (Å²) >= 11 is 1.95. The first kappa shape index (κ1) is 16.3. The van der Waals surface area contributed by atoms with Crippen molar-refractivity contribution in [2.24, 2.45) is 0 Å². The van der Waals surface area contributed by atoms with E-state index < -0.39 is 0 Å². The summed E-state index contributed by atoms with van der Waals surface area (Å²) in [6, 6.07) is 0.732. The molecule has 0 bridgehead atoms. The second-order valence-electron chi connectivity index (χ2n) is 4.57. The van der Waals surface area contributed by atoms with E-state index in [1.807, 2.05) is 11.8 Å². The van der Waals surface area contributed by atoms with Crippen molar-refractivity contribution in [1.29, 1.82) is 0 Å². The molecule has 0 rings (SSSR count). The molecule has 1 atom stereocenters. The van der Waals surface area contributed by atoms with Gasteiger partial charge in [0.15, 0.2) is 0 Å². The van der Waals surface area contributed by atoms with E-state index in [0.29, 0.717) is 0 Å². The van der Waals surface area contributed by atoms with Gasteiger partial charge < -0.3 is 10.2 Å². The third-order valence-electron chi connectivity index (χ3n) is 3.03. The lowest BCUT2D eigenvalue weighted by atomic mass is 10.2. The zero-order chi connectivity index (χ0) is 12.2. The Morgan fingerprint density at radius 2 is 2.00 bits per heavy atom. The lowest BCUT2D eigenvalue weighted by Crippen LogP contribution is -2.31. The molecule has 0 saturated carbocycles. The molecule has 1 unspecified atom stereocenters. The van der Waals surface area contributed by atoms with E-state index in [2.05, 4.69) is 37.4 Å². The quantitative estimate of drug-likeness (QED) is 0.564. The minimum absolute atomic E-state index is 0.732. The summed E-state index contributed by atoms with van der Waals surface area (Å²) in [7, 11) is 2.25. The van der Waals surface area contributed by atoms with E-state index in [4.69, 9.17) is 0 Å². The second kappa shape index (κ2) is 11.7. The van der Waals surface area contributed by atoms with Gasteiger partial charge in [0, 0.05) is 6.04 Å². The Bertz CT molecular complexity index is 142. The molecular formula is C13H30N2S. The van der Waals surface area contributed by atoms with Crippen molar-refractivity contribution in [1.82, 2.24) is 10.2 Å². The highest BCUT2D eigenvalue weighted by Crippen LogP contribution is 2.06. The highest BCUT2D eigenvalue weighted by atomic mass is 32.2. The first-order valence-electron chi connectivity index (χ1n) is 6.62. The lowest BCUT2D eigenvalue weighted by molar-refractivity contribution is 0.248. The van der Waals surface area contributed by atoms with E-state index in [0.717, 1.165) is 6.04 Å². The largest absolute Gasteiger partial charge is 0.317 e. The van der Waals surface area contributed by atoms with Gasteiger partial charge in [-0.15, -0.1) is 0 Å². The Labute approximate surface area is 107 Å². The number of nitrogens with one attached hydrogen (secondary N) is 1. The fraction of sp³-hybridized carbons (Fsp3) is 1.00. The topological polar surface area (TPSA) is 15.3 Å². The van der Waals surface area contributed by atoms with E-state index in [-0.39, 0.29) is 0 Å². The summed E-state index contributed by atoms with van der Waals surface area (Å²) in [4.78, 5) is 2.50. The molecule has 2 nitrogen and oxygen atoms in total. The zero-order valence-corrected chi connectivity index (χ0v) is 12.4. The van der Waals surface area contributed by atoms with Crippen LogP contribution in [0.4, 0.5) is 0 Å². The molecular weight excluding hydrogens is 216 g/mol. The summed E-state index contributed by atoms with van der Waals surface area (Å²) in [5.74, 6) is 1.28. The van der Waals surface area contributed by atoms with Gasteiger partial charge in [0.2, 0.25) is 0 Å². The number of hydrogen-bond donors (Lipinski definition) is 1. The van der Waals surface area contributed by atoms with Crippen LogP contribution in [0.1, 0.15) is 39.5 Å². The van der Waals surface area contributed by atoms with Gasteiger partial charge in [-0.3, -0.25) is 0 Å². The number of nitrogens with zero attached hydrogens (tertiary/aromatic N) is 1. The van der Waals surface area contributed by atoms with Gasteiger partial charge in [-0.05, 0) is 71.3 Å². The summed E-state index contributed by atoms with van der Waals surface area (Å²) in [6.45, 7) is 8.14. The zero-order valence-electron chi connectivity index (χ0n) is 11.6. The van der Waals surface area contributed by atoms with Crippen LogP contribution in [0.3, 0.4) is 0 Å². The Hall–Kier alpha value is 0.270. The van der Waals surface area contributed by atoms with Crippen LogP contribution >= 0.6 is 11.8 Å². The first-order valence-corrected chi connectivity index (χ1v) is 8.01. The van der Waals surface area contributed by atoms with Crippen molar-refractivity contribution < 1.29 is 0 Å². The summed E-state index contributed by atoms with van der Waals surface area (Å²) in [6.07, 6.45) is 7.36. The second-order valence-corrected chi connectivity index (χ2v) is 5.55. The molecule has 0 aliphatic heterocycles. The van der Waals surface area contributed by atoms with Crippen LogP contribution in [0, 0.1) is 0 Å². The van der Waals surface area contributed by atoms with Crippen LogP contribution in [0.15, 0.2) is 0 Å². The molecule has 0 saturated heterocycles. The van der Waals surface area contributed by atoms with Crippen LogP contribution in [-0.2, 0) is 0 Å². The number of unbranched alkanes of at least 4 members (excludes halogenated alkanes) is 1. The van der Waals surface area contributed by atoms with Crippen LogP contribution < -0.4 is 5.32 Å². The molecule has 0 fully saturated rings. The number of hydrogen-bond acceptors (Lipinski definition) is 3. The predicted molar refractivity (Wildman–Crippen MR) is 77.5 cm³/mol. The predicted octanol–water partition coefficient (Wildman–Crippen LogP) is 2.84. The average Bonchev–Trinajstić information content (AvgIpc) is 2.30. The van der Waals surface area contributed by atoms with Gasteiger partial charge in [-0.25, -0.2) is 0 Å². The van der Waals surface area contributed by atoms with Gasteiger partial charge in [0.1, 0.15) is 0 Å². The van der Waals surface area contributed by atoms with Crippen LogP contribution in [0.25, 0.3) is 0 Å². The molecule has 0 radical (unpaired) electrons. The minimum atomic E-state index is 0.732. The Morgan fingerprint density at radius 3 is 2.62 bits per heavy atom. The van der Waals surface area contributed by atoms with Crippen molar-refractivity contribution in [2.75, 3.05) is 38.7 Å². The number of rotatable bonds is 11. The van der Waals surface area contributed by atoms with Gasteiger partial charge in [-0.2, -0.15) is 11.8 Å². The lowest BCUT2D eigenvalue weighted by Gasteiger charge is -2.24. The summed E-state index contributed by atoms with van der Waals surface area (Å²) in [5.41, 5.74) is 0. The first-order chi connectivity index (χ1) is 7.72. The van der Waals surface area contributed by atoms with Crippen molar-refractivity contribution in [2.45, 2.75) is 45.6 Å². The van der Waals surface area contributed by atoms with Gasteiger partial charge in [0.05, 0.1) is 0 Å². The number of thioether (sulfide) groups is 1. The fourth-order valence-electron chi connectivity index (χ4n) is 1.64. The van der Waals surface area contributed by atoms with E-state index in [1.54, 1.807) is 0 Å². The highest BCUT2D eigenvalue weighted by Gasteiger charge is 2.07. The maximum Gasteiger partial charge on any atom is 0.00717 e. The molecule has 0 aliphatic carbocycles. The molecule has 0 aliphatic rings. The van der Waals surface area contributed by atoms with Crippen molar-refractivity contribution in [3.63, 3.8) is 0 Å². The Balaban J connectivity index is 3.31. The Kier molecular flexibility index (Phi) is 11.9. The maximum atomic E-state index is 3.45. The van der Waals surface area contributed by atoms with E-state index in [1.165, 1.54) is 51.1 Å². The van der Waals surface area contributed by atoms with Crippen molar-refractivity contribution in [3.05, 3.63) is 0 Å². The third-order valence-corrected chi connectivity index (χ3v) is 3.68. The SMILES string of the molecule is CCCNCCCCN(C)C(C)CCSC. The van der Waals surface area contributed by atoms with Gasteiger partial charge in [-0.1, -0.05) is 6.92 Å². The molecule has 0 amide bonds.